The Morgan fingerprint density at radius 2 is 1.93 bits per heavy atom. The molecule has 0 atom stereocenters. The van der Waals surface area contributed by atoms with Gasteiger partial charge in [0.1, 0.15) is 0 Å². The summed E-state index contributed by atoms with van der Waals surface area (Å²) in [6, 6.07) is 7.56. The van der Waals surface area contributed by atoms with Crippen LogP contribution in [0.25, 0.3) is 22.5 Å². The molecule has 4 aromatic rings. The van der Waals surface area contributed by atoms with Crippen LogP contribution in [-0.2, 0) is 6.42 Å². The number of Topliss-reactive ketones (excluding diaryl/α,β-unsaturated/α-hetero) is 1. The number of thiazole rings is 1. The lowest BCUT2D eigenvalue weighted by atomic mass is 10.0. The largest absolute Gasteiger partial charge is 0.294 e. The number of carbonyl (C=O) groups is 1. The van der Waals surface area contributed by atoms with Gasteiger partial charge >= 0.3 is 0 Å². The Morgan fingerprint density at radius 3 is 2.62 bits per heavy atom. The second kappa shape index (κ2) is 8.19. The number of carbonyl (C=O) groups excluding carboxylic acids is 1. The van der Waals surface area contributed by atoms with Crippen molar-refractivity contribution in [2.75, 3.05) is 0 Å². The lowest BCUT2D eigenvalue weighted by Gasteiger charge is -2.07. The maximum absolute atomic E-state index is 12.5. The smallest absolute Gasteiger partial charge is 0.170 e. The van der Waals surface area contributed by atoms with Crippen LogP contribution in [0.4, 0.5) is 0 Å². The summed E-state index contributed by atoms with van der Waals surface area (Å²) in [7, 11) is 0. The van der Waals surface area contributed by atoms with Crippen molar-refractivity contribution in [1.29, 1.82) is 0 Å². The van der Waals surface area contributed by atoms with Crippen molar-refractivity contribution < 1.29 is 4.79 Å². The van der Waals surface area contributed by atoms with Crippen molar-refractivity contribution in [2.24, 2.45) is 0 Å². The number of aromatic nitrogens is 4. The SMILES string of the molecule is Cc1nc(-c2ccc(Cl)c(-c3cnc(CC(=O)c4cnccc4C)cn3)c2)cs1. The maximum Gasteiger partial charge on any atom is 0.170 e. The van der Waals surface area contributed by atoms with Crippen LogP contribution in [-0.4, -0.2) is 25.7 Å². The molecule has 0 saturated heterocycles. The molecule has 0 amide bonds. The molecule has 144 valence electrons. The van der Waals surface area contributed by atoms with Crippen LogP contribution in [0.1, 0.15) is 26.6 Å². The van der Waals surface area contributed by atoms with Gasteiger partial charge in [-0.05, 0) is 37.6 Å². The second-order valence-corrected chi connectivity index (χ2v) is 8.10. The predicted molar refractivity (Wildman–Crippen MR) is 115 cm³/mol. The van der Waals surface area contributed by atoms with Crippen LogP contribution in [0.5, 0.6) is 0 Å². The minimum Gasteiger partial charge on any atom is -0.294 e. The van der Waals surface area contributed by atoms with E-state index in [1.807, 2.05) is 43.5 Å². The minimum atomic E-state index is -0.0309. The molecule has 29 heavy (non-hydrogen) atoms. The lowest BCUT2D eigenvalue weighted by Crippen LogP contribution is -2.08. The fourth-order valence-corrected chi connectivity index (χ4v) is 3.81. The highest BCUT2D eigenvalue weighted by Crippen LogP contribution is 2.31. The molecule has 0 radical (unpaired) electrons. The zero-order chi connectivity index (χ0) is 20.4. The minimum absolute atomic E-state index is 0.0309. The Morgan fingerprint density at radius 1 is 1.07 bits per heavy atom. The van der Waals surface area contributed by atoms with Crippen LogP contribution < -0.4 is 0 Å². The van der Waals surface area contributed by atoms with E-state index >= 15 is 0 Å². The first-order valence-electron chi connectivity index (χ1n) is 8.98. The summed E-state index contributed by atoms with van der Waals surface area (Å²) in [6.45, 7) is 3.87. The summed E-state index contributed by atoms with van der Waals surface area (Å²) in [4.78, 5) is 30.0. The quantitative estimate of drug-likeness (QED) is 0.406. The standard InChI is InChI=1S/C22H17ClN4OS/c1-13-5-6-24-10-18(13)22(28)8-16-9-26-20(11-25-16)17-7-15(3-4-19(17)23)21-12-29-14(2)27-21/h3-7,9-12H,8H2,1-2H3. The average molecular weight is 421 g/mol. The van der Waals surface area contributed by atoms with Crippen molar-refractivity contribution in [1.82, 2.24) is 19.9 Å². The number of ketones is 1. The summed E-state index contributed by atoms with van der Waals surface area (Å²) in [5.74, 6) is -0.0309. The van der Waals surface area contributed by atoms with Crippen molar-refractivity contribution in [3.8, 4) is 22.5 Å². The van der Waals surface area contributed by atoms with E-state index in [0.29, 0.717) is 22.0 Å². The Kier molecular flexibility index (Phi) is 5.47. The van der Waals surface area contributed by atoms with Gasteiger partial charge in [-0.2, -0.15) is 0 Å². The highest BCUT2D eigenvalue weighted by atomic mass is 35.5. The van der Waals surface area contributed by atoms with E-state index < -0.39 is 0 Å². The molecule has 0 spiro atoms. The van der Waals surface area contributed by atoms with Gasteiger partial charge in [0.2, 0.25) is 0 Å². The van der Waals surface area contributed by atoms with Crippen LogP contribution in [0, 0.1) is 13.8 Å². The van der Waals surface area contributed by atoms with Crippen LogP contribution >= 0.6 is 22.9 Å². The molecule has 0 fully saturated rings. The van der Waals surface area contributed by atoms with E-state index in [-0.39, 0.29) is 12.2 Å². The first-order valence-corrected chi connectivity index (χ1v) is 10.2. The van der Waals surface area contributed by atoms with Gasteiger partial charge in [0.25, 0.3) is 0 Å². The Hall–Kier alpha value is -2.96. The highest BCUT2D eigenvalue weighted by molar-refractivity contribution is 7.09. The van der Waals surface area contributed by atoms with Crippen molar-refractivity contribution >= 4 is 28.7 Å². The molecular weight excluding hydrogens is 404 g/mol. The molecule has 0 bridgehead atoms. The molecule has 0 unspecified atom stereocenters. The second-order valence-electron chi connectivity index (χ2n) is 6.63. The van der Waals surface area contributed by atoms with E-state index in [2.05, 4.69) is 19.9 Å². The Bertz CT molecular complexity index is 1190. The third-order valence-corrected chi connectivity index (χ3v) is 5.65. The third kappa shape index (κ3) is 4.23. The van der Waals surface area contributed by atoms with Gasteiger partial charge in [-0.1, -0.05) is 17.7 Å². The summed E-state index contributed by atoms with van der Waals surface area (Å²) < 4.78 is 0. The summed E-state index contributed by atoms with van der Waals surface area (Å²) >= 11 is 8.00. The van der Waals surface area contributed by atoms with Gasteiger partial charge in [-0.25, -0.2) is 4.98 Å². The number of nitrogens with zero attached hydrogens (tertiary/aromatic N) is 4. The Labute approximate surface area is 177 Å². The summed E-state index contributed by atoms with van der Waals surface area (Å²) in [5, 5.41) is 3.61. The number of hydrogen-bond acceptors (Lipinski definition) is 6. The molecule has 3 heterocycles. The van der Waals surface area contributed by atoms with Crippen LogP contribution in [0.15, 0.2) is 54.4 Å². The summed E-state index contributed by atoms with van der Waals surface area (Å²) in [6.07, 6.45) is 6.70. The first-order chi connectivity index (χ1) is 14.0. The number of aryl methyl sites for hydroxylation is 2. The molecule has 0 N–H and O–H groups in total. The molecule has 1 aromatic carbocycles. The number of benzene rings is 1. The van der Waals surface area contributed by atoms with Gasteiger partial charge < -0.3 is 0 Å². The molecule has 7 heteroatoms. The fraction of sp³-hybridized carbons (Fsp3) is 0.136. The van der Waals surface area contributed by atoms with E-state index in [1.165, 1.54) is 0 Å². The molecule has 4 rings (SSSR count). The lowest BCUT2D eigenvalue weighted by molar-refractivity contribution is 0.0991. The van der Waals surface area contributed by atoms with Crippen molar-refractivity contribution in [3.63, 3.8) is 0 Å². The normalized spacial score (nSPS) is 10.9. The predicted octanol–water partition coefficient (Wildman–Crippen LogP) is 5.36. The monoisotopic (exact) mass is 420 g/mol. The van der Waals surface area contributed by atoms with Crippen molar-refractivity contribution in [2.45, 2.75) is 20.3 Å². The van der Waals surface area contributed by atoms with E-state index in [1.54, 1.807) is 36.1 Å². The molecular formula is C22H17ClN4OS. The molecule has 5 nitrogen and oxygen atoms in total. The molecule has 0 aliphatic carbocycles. The van der Waals surface area contributed by atoms with Gasteiger partial charge in [0, 0.05) is 40.7 Å². The van der Waals surface area contributed by atoms with Crippen molar-refractivity contribution in [3.05, 3.63) is 81.3 Å². The van der Waals surface area contributed by atoms with Crippen LogP contribution in [0.3, 0.4) is 0 Å². The maximum atomic E-state index is 12.5. The van der Waals surface area contributed by atoms with Gasteiger partial charge in [0.15, 0.2) is 5.78 Å². The molecule has 0 aliphatic heterocycles. The fourth-order valence-electron chi connectivity index (χ4n) is 2.98. The van der Waals surface area contributed by atoms with Gasteiger partial charge in [0.05, 0.1) is 39.7 Å². The number of halogens is 1. The zero-order valence-corrected chi connectivity index (χ0v) is 17.5. The third-order valence-electron chi connectivity index (χ3n) is 4.54. The summed E-state index contributed by atoms with van der Waals surface area (Å²) in [5.41, 5.74) is 5.42. The van der Waals surface area contributed by atoms with E-state index in [9.17, 15) is 4.79 Å². The van der Waals surface area contributed by atoms with Gasteiger partial charge in [-0.15, -0.1) is 11.3 Å². The Balaban J connectivity index is 1.58. The zero-order valence-electron chi connectivity index (χ0n) is 15.9. The number of pyridine rings is 1. The average Bonchev–Trinajstić information content (AvgIpc) is 3.16. The number of rotatable bonds is 5. The number of hydrogen-bond donors (Lipinski definition) is 0. The van der Waals surface area contributed by atoms with Crippen LogP contribution in [0.2, 0.25) is 5.02 Å². The van der Waals surface area contributed by atoms with E-state index in [4.69, 9.17) is 11.6 Å². The molecule has 0 saturated carbocycles. The molecule has 3 aromatic heterocycles. The topological polar surface area (TPSA) is 68.6 Å². The highest BCUT2D eigenvalue weighted by Gasteiger charge is 2.13. The van der Waals surface area contributed by atoms with E-state index in [0.717, 1.165) is 27.4 Å². The molecule has 0 aliphatic rings. The first kappa shape index (κ1) is 19.4. The van der Waals surface area contributed by atoms with Gasteiger partial charge in [-0.3, -0.25) is 19.7 Å².